The number of amides is 1. The van der Waals surface area contributed by atoms with E-state index in [1.807, 2.05) is 0 Å². The number of nitrogens with zero attached hydrogens (tertiary/aromatic N) is 1. The Kier molecular flexibility index (Phi) is 2.97. The number of hydrogen-bond donors (Lipinski definition) is 1. The normalized spacial score (nSPS) is 18.5. The maximum atomic E-state index is 11.3. The first-order valence-corrected chi connectivity index (χ1v) is 6.04. The van der Waals surface area contributed by atoms with Crippen LogP contribution in [0.5, 0.6) is 0 Å². The van der Waals surface area contributed by atoms with Gasteiger partial charge in [0, 0.05) is 13.1 Å². The standard InChI is InChI=1S/C8H15NO5S/c1-8(2,3)14-7(10)9-4-6(5-9)15(11,12)13/h6H,4-5H2,1-3H3,(H,11,12,13). The molecular weight excluding hydrogens is 222 g/mol. The third-order valence-corrected chi connectivity index (χ3v) is 3.06. The molecule has 0 bridgehead atoms. The van der Waals surface area contributed by atoms with Crippen molar-refractivity contribution in [3.63, 3.8) is 0 Å². The summed E-state index contributed by atoms with van der Waals surface area (Å²) in [7, 11) is -4.03. The third kappa shape index (κ3) is 3.35. The van der Waals surface area contributed by atoms with Crippen LogP contribution in [0.1, 0.15) is 20.8 Å². The van der Waals surface area contributed by atoms with Crippen molar-refractivity contribution < 1.29 is 22.5 Å². The summed E-state index contributed by atoms with van der Waals surface area (Å²) < 4.78 is 35.0. The van der Waals surface area contributed by atoms with E-state index in [0.717, 1.165) is 0 Å². The van der Waals surface area contributed by atoms with Gasteiger partial charge >= 0.3 is 6.09 Å². The van der Waals surface area contributed by atoms with Gasteiger partial charge < -0.3 is 9.64 Å². The SMILES string of the molecule is CC(C)(C)OC(=O)N1CC(S(=O)(=O)O)C1. The predicted molar refractivity (Wildman–Crippen MR) is 53.1 cm³/mol. The van der Waals surface area contributed by atoms with E-state index in [9.17, 15) is 13.2 Å². The lowest BCUT2D eigenvalue weighted by Gasteiger charge is -2.37. The van der Waals surface area contributed by atoms with Crippen LogP contribution >= 0.6 is 0 Å². The van der Waals surface area contributed by atoms with Crippen LogP contribution < -0.4 is 0 Å². The predicted octanol–water partition coefficient (Wildman–Crippen LogP) is 0.493. The molecule has 0 saturated carbocycles. The van der Waals surface area contributed by atoms with E-state index in [2.05, 4.69) is 0 Å². The van der Waals surface area contributed by atoms with Crippen molar-refractivity contribution in [2.45, 2.75) is 31.6 Å². The Hall–Kier alpha value is -0.820. The maximum absolute atomic E-state index is 11.3. The first kappa shape index (κ1) is 12.3. The molecule has 1 rings (SSSR count). The molecule has 0 unspecified atom stereocenters. The summed E-state index contributed by atoms with van der Waals surface area (Å²) in [5.41, 5.74) is -0.597. The number of carbonyl (C=O) groups is 1. The first-order chi connectivity index (χ1) is 6.59. The average molecular weight is 237 g/mol. The largest absolute Gasteiger partial charge is 0.444 e. The fraction of sp³-hybridized carbons (Fsp3) is 0.875. The summed E-state index contributed by atoms with van der Waals surface area (Å²) in [6.45, 7) is 5.17. The van der Waals surface area contributed by atoms with E-state index in [0.29, 0.717) is 0 Å². The minimum absolute atomic E-state index is 0.00620. The molecule has 1 aliphatic rings. The molecule has 1 heterocycles. The highest BCUT2D eigenvalue weighted by Crippen LogP contribution is 2.18. The zero-order valence-corrected chi connectivity index (χ0v) is 9.74. The molecule has 15 heavy (non-hydrogen) atoms. The summed E-state index contributed by atoms with van der Waals surface area (Å²) >= 11 is 0. The van der Waals surface area contributed by atoms with Gasteiger partial charge in [0.15, 0.2) is 0 Å². The molecule has 0 aromatic rings. The van der Waals surface area contributed by atoms with Crippen LogP contribution in [0.4, 0.5) is 4.79 Å². The fourth-order valence-electron chi connectivity index (χ4n) is 1.10. The van der Waals surface area contributed by atoms with E-state index >= 15 is 0 Å². The van der Waals surface area contributed by atoms with Gasteiger partial charge in [-0.2, -0.15) is 8.42 Å². The van der Waals surface area contributed by atoms with E-state index in [1.165, 1.54) is 4.90 Å². The van der Waals surface area contributed by atoms with Crippen molar-refractivity contribution in [2.24, 2.45) is 0 Å². The van der Waals surface area contributed by atoms with Crippen LogP contribution in [0.15, 0.2) is 0 Å². The lowest BCUT2D eigenvalue weighted by atomic mass is 10.2. The van der Waals surface area contributed by atoms with Crippen molar-refractivity contribution in [3.05, 3.63) is 0 Å². The lowest BCUT2D eigenvalue weighted by molar-refractivity contribution is 0.0135. The lowest BCUT2D eigenvalue weighted by Crippen LogP contribution is -2.57. The highest BCUT2D eigenvalue weighted by molar-refractivity contribution is 7.86. The molecule has 6 nitrogen and oxygen atoms in total. The van der Waals surface area contributed by atoms with Gasteiger partial charge in [0.25, 0.3) is 10.1 Å². The minimum Gasteiger partial charge on any atom is -0.444 e. The van der Waals surface area contributed by atoms with Gasteiger partial charge in [0.2, 0.25) is 0 Å². The number of rotatable bonds is 1. The van der Waals surface area contributed by atoms with Crippen molar-refractivity contribution in [2.75, 3.05) is 13.1 Å². The Labute approximate surface area is 89.0 Å². The highest BCUT2D eigenvalue weighted by atomic mass is 32.2. The third-order valence-electron chi connectivity index (χ3n) is 1.92. The topological polar surface area (TPSA) is 83.9 Å². The molecule has 0 atom stereocenters. The molecule has 1 amide bonds. The Morgan fingerprint density at radius 3 is 2.20 bits per heavy atom. The van der Waals surface area contributed by atoms with Gasteiger partial charge in [-0.25, -0.2) is 4.79 Å². The monoisotopic (exact) mass is 237 g/mol. The van der Waals surface area contributed by atoms with Gasteiger partial charge in [-0.15, -0.1) is 0 Å². The van der Waals surface area contributed by atoms with Crippen LogP contribution in [0.25, 0.3) is 0 Å². The second kappa shape index (κ2) is 3.64. The Bertz CT molecular complexity index is 350. The molecule has 0 radical (unpaired) electrons. The van der Waals surface area contributed by atoms with Crippen molar-refractivity contribution in [1.29, 1.82) is 0 Å². The molecule has 1 N–H and O–H groups in total. The number of hydrogen-bond acceptors (Lipinski definition) is 4. The second-order valence-electron chi connectivity index (χ2n) is 4.52. The van der Waals surface area contributed by atoms with Crippen molar-refractivity contribution in [3.8, 4) is 0 Å². The summed E-state index contributed by atoms with van der Waals surface area (Å²) in [5, 5.41) is -0.870. The molecule has 1 saturated heterocycles. The van der Waals surface area contributed by atoms with Gasteiger partial charge in [0.05, 0.1) is 0 Å². The molecule has 0 aliphatic carbocycles. The Morgan fingerprint density at radius 1 is 1.40 bits per heavy atom. The summed E-state index contributed by atoms with van der Waals surface area (Å²) in [6, 6.07) is 0. The van der Waals surface area contributed by atoms with E-state index in [1.54, 1.807) is 20.8 Å². The summed E-state index contributed by atoms with van der Waals surface area (Å²) in [5.74, 6) is 0. The molecular formula is C8H15NO5S. The van der Waals surface area contributed by atoms with Crippen molar-refractivity contribution in [1.82, 2.24) is 4.90 Å². The molecule has 88 valence electrons. The van der Waals surface area contributed by atoms with E-state index in [4.69, 9.17) is 9.29 Å². The van der Waals surface area contributed by atoms with Gasteiger partial charge in [0.1, 0.15) is 10.9 Å². The van der Waals surface area contributed by atoms with E-state index < -0.39 is 27.1 Å². The molecule has 1 aliphatic heterocycles. The van der Waals surface area contributed by atoms with Crippen LogP contribution in [0.2, 0.25) is 0 Å². The van der Waals surface area contributed by atoms with Crippen LogP contribution in [-0.2, 0) is 14.9 Å². The van der Waals surface area contributed by atoms with Crippen LogP contribution in [-0.4, -0.2) is 47.9 Å². The quantitative estimate of drug-likeness (QED) is 0.671. The van der Waals surface area contributed by atoms with Gasteiger partial charge in [-0.1, -0.05) is 0 Å². The average Bonchev–Trinajstić information content (AvgIpc) is 1.72. The Morgan fingerprint density at radius 2 is 1.87 bits per heavy atom. The summed E-state index contributed by atoms with van der Waals surface area (Å²) in [4.78, 5) is 12.6. The maximum Gasteiger partial charge on any atom is 0.410 e. The fourth-order valence-corrected chi connectivity index (χ4v) is 1.84. The minimum atomic E-state index is -4.03. The van der Waals surface area contributed by atoms with Crippen LogP contribution in [0, 0.1) is 0 Å². The van der Waals surface area contributed by atoms with Gasteiger partial charge in [-0.05, 0) is 20.8 Å². The van der Waals surface area contributed by atoms with Crippen LogP contribution in [0.3, 0.4) is 0 Å². The van der Waals surface area contributed by atoms with Crippen molar-refractivity contribution >= 4 is 16.2 Å². The molecule has 1 fully saturated rings. The zero-order valence-electron chi connectivity index (χ0n) is 8.93. The number of likely N-dealkylation sites (tertiary alicyclic amines) is 1. The second-order valence-corrected chi connectivity index (χ2v) is 6.22. The van der Waals surface area contributed by atoms with Gasteiger partial charge in [-0.3, -0.25) is 4.55 Å². The zero-order chi connectivity index (χ0) is 11.9. The molecule has 7 heteroatoms. The van der Waals surface area contributed by atoms with E-state index in [-0.39, 0.29) is 13.1 Å². The Balaban J connectivity index is 2.43. The number of ether oxygens (including phenoxy) is 1. The summed E-state index contributed by atoms with van der Waals surface area (Å²) in [6.07, 6.45) is -0.553. The molecule has 0 spiro atoms. The first-order valence-electron chi connectivity index (χ1n) is 4.54. The highest BCUT2D eigenvalue weighted by Gasteiger charge is 2.40. The smallest absolute Gasteiger partial charge is 0.410 e. The molecule has 0 aromatic carbocycles. The number of carbonyl (C=O) groups excluding carboxylic acids is 1. The molecule has 0 aromatic heterocycles.